The molecule has 1 spiro atoms. The van der Waals surface area contributed by atoms with Crippen molar-refractivity contribution in [3.05, 3.63) is 35.9 Å². The van der Waals surface area contributed by atoms with Gasteiger partial charge in [0.15, 0.2) is 0 Å². The molecule has 3 heteroatoms. The van der Waals surface area contributed by atoms with Crippen molar-refractivity contribution < 1.29 is 9.53 Å². The third-order valence-electron chi connectivity index (χ3n) is 4.94. The molecule has 1 saturated heterocycles. The highest BCUT2D eigenvalue weighted by molar-refractivity contribution is 5.88. The van der Waals surface area contributed by atoms with Gasteiger partial charge >= 0.3 is 0 Å². The van der Waals surface area contributed by atoms with Crippen molar-refractivity contribution >= 4 is 5.78 Å². The van der Waals surface area contributed by atoms with Crippen LogP contribution in [0, 0.1) is 5.92 Å². The van der Waals surface area contributed by atoms with Gasteiger partial charge < -0.3 is 10.5 Å². The Morgan fingerprint density at radius 3 is 2.70 bits per heavy atom. The number of carbonyl (C=O) groups is 1. The molecule has 1 aromatic carbocycles. The van der Waals surface area contributed by atoms with Crippen molar-refractivity contribution in [2.45, 2.75) is 43.6 Å². The monoisotopic (exact) mass is 273 g/mol. The highest BCUT2D eigenvalue weighted by atomic mass is 16.5. The summed E-state index contributed by atoms with van der Waals surface area (Å²) in [5.41, 5.74) is 6.95. The first-order valence-electron chi connectivity index (χ1n) is 7.67. The number of carbonyl (C=O) groups excluding carboxylic acids is 1. The molecule has 108 valence electrons. The quantitative estimate of drug-likeness (QED) is 0.917. The zero-order chi connectivity index (χ0) is 14.0. The van der Waals surface area contributed by atoms with Crippen LogP contribution in [-0.4, -0.2) is 24.5 Å². The number of ether oxygens (including phenoxy) is 1. The van der Waals surface area contributed by atoms with Crippen LogP contribution < -0.4 is 5.73 Å². The molecule has 2 atom stereocenters. The van der Waals surface area contributed by atoms with Crippen molar-refractivity contribution in [3.8, 4) is 0 Å². The Kier molecular flexibility index (Phi) is 3.90. The first-order chi connectivity index (χ1) is 9.74. The molecule has 1 aromatic rings. The fourth-order valence-corrected chi connectivity index (χ4v) is 3.58. The number of hydrogen-bond acceptors (Lipinski definition) is 3. The van der Waals surface area contributed by atoms with E-state index in [1.807, 2.05) is 30.3 Å². The molecule has 0 aromatic heterocycles. The van der Waals surface area contributed by atoms with Crippen molar-refractivity contribution in [1.82, 2.24) is 0 Å². The van der Waals surface area contributed by atoms with Crippen LogP contribution in [0.3, 0.4) is 0 Å². The van der Waals surface area contributed by atoms with E-state index in [2.05, 4.69) is 0 Å². The van der Waals surface area contributed by atoms with E-state index in [4.69, 9.17) is 10.5 Å². The minimum absolute atomic E-state index is 0.0222. The van der Waals surface area contributed by atoms with Crippen LogP contribution in [0.4, 0.5) is 0 Å². The predicted molar refractivity (Wildman–Crippen MR) is 78.5 cm³/mol. The van der Waals surface area contributed by atoms with E-state index in [0.29, 0.717) is 12.3 Å². The van der Waals surface area contributed by atoms with Gasteiger partial charge in [0, 0.05) is 19.1 Å². The van der Waals surface area contributed by atoms with Crippen LogP contribution >= 0.6 is 0 Å². The van der Waals surface area contributed by atoms with E-state index in [-0.39, 0.29) is 17.4 Å². The normalized spacial score (nSPS) is 25.9. The van der Waals surface area contributed by atoms with Crippen LogP contribution in [0.1, 0.15) is 43.6 Å². The second-order valence-corrected chi connectivity index (χ2v) is 6.18. The second kappa shape index (κ2) is 5.66. The molecule has 1 saturated carbocycles. The van der Waals surface area contributed by atoms with Crippen LogP contribution in [0.2, 0.25) is 0 Å². The Bertz CT molecular complexity index is 467. The van der Waals surface area contributed by atoms with E-state index in [1.165, 1.54) is 6.42 Å². The fourth-order valence-electron chi connectivity index (χ4n) is 3.58. The average molecular weight is 273 g/mol. The van der Waals surface area contributed by atoms with Gasteiger partial charge in [0.25, 0.3) is 0 Å². The van der Waals surface area contributed by atoms with E-state index in [9.17, 15) is 4.79 Å². The van der Waals surface area contributed by atoms with Gasteiger partial charge in [-0.25, -0.2) is 0 Å². The number of rotatable bonds is 4. The summed E-state index contributed by atoms with van der Waals surface area (Å²) in [6.07, 6.45) is 5.23. The van der Waals surface area contributed by atoms with Crippen LogP contribution in [0.5, 0.6) is 0 Å². The van der Waals surface area contributed by atoms with Crippen molar-refractivity contribution in [1.29, 1.82) is 0 Å². The van der Waals surface area contributed by atoms with Crippen LogP contribution in [0.15, 0.2) is 30.3 Å². The molecule has 2 fully saturated rings. The van der Waals surface area contributed by atoms with E-state index in [1.54, 1.807) is 0 Å². The lowest BCUT2D eigenvalue weighted by molar-refractivity contribution is -0.156. The Labute approximate surface area is 120 Å². The molecule has 1 aliphatic carbocycles. The minimum atomic E-state index is -0.156. The third-order valence-corrected chi connectivity index (χ3v) is 4.94. The Morgan fingerprint density at radius 1 is 1.35 bits per heavy atom. The molecular formula is C17H23NO2. The zero-order valence-electron chi connectivity index (χ0n) is 11.9. The second-order valence-electron chi connectivity index (χ2n) is 6.18. The van der Waals surface area contributed by atoms with Crippen molar-refractivity contribution in [2.24, 2.45) is 11.7 Å². The number of Topliss-reactive ketones (excluding diaryl/α,β-unsaturated/α-hetero) is 1. The Hall–Kier alpha value is -1.19. The molecule has 0 bridgehead atoms. The summed E-state index contributed by atoms with van der Waals surface area (Å²) < 4.78 is 5.92. The summed E-state index contributed by atoms with van der Waals surface area (Å²) in [6.45, 7) is 1.12. The summed E-state index contributed by atoms with van der Waals surface area (Å²) in [5, 5.41) is 0. The van der Waals surface area contributed by atoms with Gasteiger partial charge in [-0.15, -0.1) is 0 Å². The largest absolute Gasteiger partial charge is 0.375 e. The topological polar surface area (TPSA) is 52.3 Å². The smallest absolute Gasteiger partial charge is 0.144 e. The maximum absolute atomic E-state index is 12.8. The summed E-state index contributed by atoms with van der Waals surface area (Å²) in [7, 11) is 0. The SMILES string of the molecule is NCC(C(=O)C1CCOC2(CCC2)C1)c1ccccc1. The molecule has 2 N–H and O–H groups in total. The number of benzene rings is 1. The van der Waals surface area contributed by atoms with E-state index < -0.39 is 0 Å². The Morgan fingerprint density at radius 2 is 2.10 bits per heavy atom. The number of hydrogen-bond donors (Lipinski definition) is 1. The molecule has 0 amide bonds. The lowest BCUT2D eigenvalue weighted by Crippen LogP contribution is -2.48. The maximum Gasteiger partial charge on any atom is 0.144 e. The van der Waals surface area contributed by atoms with Gasteiger partial charge in [-0.1, -0.05) is 30.3 Å². The zero-order valence-corrected chi connectivity index (χ0v) is 11.9. The summed E-state index contributed by atoms with van der Waals surface area (Å²) in [5.74, 6) is 0.280. The van der Waals surface area contributed by atoms with Gasteiger partial charge in [-0.2, -0.15) is 0 Å². The first-order valence-corrected chi connectivity index (χ1v) is 7.67. The molecule has 2 aliphatic rings. The van der Waals surface area contributed by atoms with E-state index in [0.717, 1.165) is 37.9 Å². The fraction of sp³-hybridized carbons (Fsp3) is 0.588. The molecule has 3 nitrogen and oxygen atoms in total. The molecule has 1 aliphatic heterocycles. The molecule has 1 heterocycles. The average Bonchev–Trinajstić information content (AvgIpc) is 2.47. The number of nitrogens with two attached hydrogens (primary N) is 1. The standard InChI is InChI=1S/C17H23NO2/c18-12-15(13-5-2-1-3-6-13)16(19)14-7-10-20-17(11-14)8-4-9-17/h1-3,5-6,14-15H,4,7-12,18H2. The van der Waals surface area contributed by atoms with Crippen LogP contribution in [-0.2, 0) is 9.53 Å². The lowest BCUT2D eigenvalue weighted by Gasteiger charge is -2.47. The summed E-state index contributed by atoms with van der Waals surface area (Å²) in [4.78, 5) is 12.8. The Balaban J connectivity index is 1.73. The lowest BCUT2D eigenvalue weighted by atomic mass is 9.69. The minimum Gasteiger partial charge on any atom is -0.375 e. The summed E-state index contributed by atoms with van der Waals surface area (Å²) in [6, 6.07) is 9.94. The molecule has 0 radical (unpaired) electrons. The van der Waals surface area contributed by atoms with Gasteiger partial charge in [0.1, 0.15) is 5.78 Å². The van der Waals surface area contributed by atoms with Gasteiger partial charge in [0.2, 0.25) is 0 Å². The maximum atomic E-state index is 12.8. The third kappa shape index (κ3) is 2.52. The van der Waals surface area contributed by atoms with Gasteiger partial charge in [0.05, 0.1) is 11.5 Å². The molecular weight excluding hydrogens is 250 g/mol. The molecule has 2 unspecified atom stereocenters. The van der Waals surface area contributed by atoms with Crippen LogP contribution in [0.25, 0.3) is 0 Å². The molecule has 3 rings (SSSR count). The highest BCUT2D eigenvalue weighted by Crippen LogP contribution is 2.45. The van der Waals surface area contributed by atoms with E-state index >= 15 is 0 Å². The first kappa shape index (κ1) is 13.8. The molecule has 20 heavy (non-hydrogen) atoms. The van der Waals surface area contributed by atoms with Gasteiger partial charge in [-0.3, -0.25) is 4.79 Å². The highest BCUT2D eigenvalue weighted by Gasteiger charge is 2.45. The predicted octanol–water partition coefficient (Wildman–Crippen LogP) is 2.65. The summed E-state index contributed by atoms with van der Waals surface area (Å²) >= 11 is 0. The van der Waals surface area contributed by atoms with Crippen molar-refractivity contribution in [2.75, 3.05) is 13.2 Å². The number of ketones is 1. The van der Waals surface area contributed by atoms with Crippen molar-refractivity contribution in [3.63, 3.8) is 0 Å². The van der Waals surface area contributed by atoms with Gasteiger partial charge in [-0.05, 0) is 37.7 Å².